The number of amides is 1. The largest absolute Gasteiger partial charge is 0.573 e. The topological polar surface area (TPSA) is 131 Å². The van der Waals surface area contributed by atoms with Crippen LogP contribution in [0.1, 0.15) is 5.56 Å². The van der Waals surface area contributed by atoms with Crippen LogP contribution in [0.2, 0.25) is 15.1 Å². The minimum atomic E-state index is -4.95. The number of piperazine rings is 1. The van der Waals surface area contributed by atoms with Gasteiger partial charge in [-0.25, -0.2) is 28.4 Å². The summed E-state index contributed by atoms with van der Waals surface area (Å²) >= 11 is 18.5. The molecule has 11 nitrogen and oxygen atoms in total. The van der Waals surface area contributed by atoms with Crippen LogP contribution in [0, 0.1) is 0 Å². The number of carbonyl (C=O) groups is 1. The number of alkyl halides is 3. The summed E-state index contributed by atoms with van der Waals surface area (Å²) in [7, 11) is -4.38. The third-order valence-electron chi connectivity index (χ3n) is 6.38. The van der Waals surface area contributed by atoms with E-state index < -0.39 is 34.1 Å². The molecule has 2 aromatic heterocycles. The fraction of sp³-hybridized carbons (Fsp3) is 0.240. The number of ether oxygens (including phenoxy) is 1. The molecule has 0 aliphatic carbocycles. The molecule has 1 aliphatic heterocycles. The average molecular weight is 677 g/mol. The van der Waals surface area contributed by atoms with Gasteiger partial charge in [-0.05, 0) is 36.4 Å². The Balaban J connectivity index is 1.44. The van der Waals surface area contributed by atoms with Gasteiger partial charge in [0.15, 0.2) is 5.65 Å². The number of sulfonamides is 1. The second-order valence-corrected chi connectivity index (χ2v) is 12.3. The zero-order chi connectivity index (χ0) is 30.9. The van der Waals surface area contributed by atoms with Crippen LogP contribution in [0.4, 0.5) is 19.0 Å². The Bertz CT molecular complexity index is 1760. The number of carbonyl (C=O) groups excluding carboxylic acids is 1. The van der Waals surface area contributed by atoms with Crippen LogP contribution in [0.15, 0.2) is 60.0 Å². The minimum Gasteiger partial charge on any atom is -0.406 e. The molecule has 43 heavy (non-hydrogen) atoms. The van der Waals surface area contributed by atoms with Crippen molar-refractivity contribution in [3.8, 4) is 5.75 Å². The van der Waals surface area contributed by atoms with Crippen molar-refractivity contribution in [2.24, 2.45) is 0 Å². The Labute approximate surface area is 257 Å². The lowest BCUT2D eigenvalue weighted by Crippen LogP contribution is -2.60. The molecule has 1 saturated heterocycles. The van der Waals surface area contributed by atoms with Crippen molar-refractivity contribution < 1.29 is 31.1 Å². The van der Waals surface area contributed by atoms with E-state index in [2.05, 4.69) is 30.0 Å². The Morgan fingerprint density at radius 3 is 2.42 bits per heavy atom. The zero-order valence-electron chi connectivity index (χ0n) is 21.6. The van der Waals surface area contributed by atoms with E-state index in [4.69, 9.17) is 34.8 Å². The van der Waals surface area contributed by atoms with Crippen LogP contribution in [0.5, 0.6) is 5.75 Å². The number of hydrogen-bond donors (Lipinski definition) is 1. The standard InChI is InChI=1S/C25H19Cl3F3N7O4S/c26-14-7-18(27)17(19(28)8-14)9-34-24(39)21-12-37(22-11-33-20-10-32-13-35-23(20)36-22)5-6-38(21)43(40,41)16-3-1-15(2-4-16)42-25(29,30)31/h1-4,7-8,10-11,13,21H,5-6,9,12H2,(H,34,39)/t21-/m1/s1. The highest BCUT2D eigenvalue weighted by atomic mass is 35.5. The second kappa shape index (κ2) is 12.2. The number of aromatic nitrogens is 4. The molecule has 5 rings (SSSR count). The zero-order valence-corrected chi connectivity index (χ0v) is 24.7. The van der Waals surface area contributed by atoms with Gasteiger partial charge in [-0.15, -0.1) is 13.2 Å². The Hall–Kier alpha value is -3.50. The van der Waals surface area contributed by atoms with Gasteiger partial charge < -0.3 is 15.0 Å². The quantitative estimate of drug-likeness (QED) is 0.301. The van der Waals surface area contributed by atoms with Gasteiger partial charge in [0.1, 0.15) is 29.5 Å². The predicted octanol–water partition coefficient (Wildman–Crippen LogP) is 4.47. The lowest BCUT2D eigenvalue weighted by Gasteiger charge is -2.40. The molecule has 226 valence electrons. The van der Waals surface area contributed by atoms with Gasteiger partial charge >= 0.3 is 6.36 Å². The number of hydrogen-bond acceptors (Lipinski definition) is 9. The minimum absolute atomic E-state index is 0.110. The summed E-state index contributed by atoms with van der Waals surface area (Å²) in [6.07, 6.45) is -0.706. The summed E-state index contributed by atoms with van der Waals surface area (Å²) in [5.41, 5.74) is 1.11. The highest BCUT2D eigenvalue weighted by molar-refractivity contribution is 7.89. The van der Waals surface area contributed by atoms with Crippen molar-refractivity contribution in [1.82, 2.24) is 29.6 Å². The van der Waals surface area contributed by atoms with Crippen molar-refractivity contribution in [3.63, 3.8) is 0 Å². The third kappa shape index (κ3) is 7.02. The van der Waals surface area contributed by atoms with E-state index in [-0.39, 0.29) is 41.1 Å². The lowest BCUT2D eigenvalue weighted by molar-refractivity contribution is -0.274. The normalized spacial score (nSPS) is 16.3. The average Bonchev–Trinajstić information content (AvgIpc) is 2.95. The summed E-state index contributed by atoms with van der Waals surface area (Å²) in [6.45, 7) is -0.354. The number of anilines is 1. The van der Waals surface area contributed by atoms with Crippen molar-refractivity contribution in [3.05, 3.63) is 75.8 Å². The molecule has 0 unspecified atom stereocenters. The van der Waals surface area contributed by atoms with E-state index in [1.165, 1.54) is 30.9 Å². The third-order valence-corrected chi connectivity index (χ3v) is 9.19. The molecule has 0 bridgehead atoms. The number of nitrogens with one attached hydrogen (secondary N) is 1. The first-order valence-electron chi connectivity index (χ1n) is 12.3. The predicted molar refractivity (Wildman–Crippen MR) is 151 cm³/mol. The van der Waals surface area contributed by atoms with Crippen molar-refractivity contribution in [2.45, 2.75) is 23.8 Å². The summed E-state index contributed by atoms with van der Waals surface area (Å²) in [5.74, 6) is -0.942. The van der Waals surface area contributed by atoms with E-state index in [1.54, 1.807) is 4.90 Å². The molecule has 4 aromatic rings. The molecular formula is C25H19Cl3F3N7O4S. The van der Waals surface area contributed by atoms with Crippen molar-refractivity contribution in [2.75, 3.05) is 24.5 Å². The fourth-order valence-corrected chi connectivity index (χ4v) is 6.89. The van der Waals surface area contributed by atoms with Crippen LogP contribution >= 0.6 is 34.8 Å². The van der Waals surface area contributed by atoms with Crippen molar-refractivity contribution in [1.29, 1.82) is 0 Å². The first-order chi connectivity index (χ1) is 20.3. The lowest BCUT2D eigenvalue weighted by atomic mass is 10.1. The first-order valence-corrected chi connectivity index (χ1v) is 14.9. The summed E-state index contributed by atoms with van der Waals surface area (Å²) in [5, 5.41) is 3.36. The molecule has 0 radical (unpaired) electrons. The molecule has 1 fully saturated rings. The second-order valence-electron chi connectivity index (χ2n) is 9.12. The van der Waals surface area contributed by atoms with E-state index >= 15 is 0 Å². The number of benzene rings is 2. The van der Waals surface area contributed by atoms with E-state index in [0.29, 0.717) is 27.6 Å². The monoisotopic (exact) mass is 675 g/mol. The highest BCUT2D eigenvalue weighted by Gasteiger charge is 2.41. The Kier molecular flexibility index (Phi) is 8.81. The van der Waals surface area contributed by atoms with Crippen LogP contribution in [0.3, 0.4) is 0 Å². The van der Waals surface area contributed by atoms with E-state index in [9.17, 15) is 26.4 Å². The van der Waals surface area contributed by atoms with Gasteiger partial charge in [0.25, 0.3) is 0 Å². The molecular weight excluding hydrogens is 658 g/mol. The Morgan fingerprint density at radius 2 is 1.74 bits per heavy atom. The van der Waals surface area contributed by atoms with Crippen molar-refractivity contribution >= 4 is 67.7 Å². The van der Waals surface area contributed by atoms with E-state index in [1.807, 2.05) is 0 Å². The molecule has 0 spiro atoms. The highest BCUT2D eigenvalue weighted by Crippen LogP contribution is 2.30. The SMILES string of the molecule is O=C(NCc1c(Cl)cc(Cl)cc1Cl)[C@H]1CN(c2cnc3cncnc3n2)CCN1S(=O)(=O)c1ccc(OC(F)(F)F)cc1. The summed E-state index contributed by atoms with van der Waals surface area (Å²) < 4.78 is 70.0. The van der Waals surface area contributed by atoms with Gasteiger partial charge in [-0.2, -0.15) is 4.31 Å². The summed E-state index contributed by atoms with van der Waals surface area (Å²) in [4.78, 5) is 31.7. The number of nitrogens with zero attached hydrogens (tertiary/aromatic N) is 6. The van der Waals surface area contributed by atoms with Gasteiger partial charge in [0.2, 0.25) is 15.9 Å². The molecule has 1 N–H and O–H groups in total. The molecule has 3 heterocycles. The maximum Gasteiger partial charge on any atom is 0.573 e. The van der Waals surface area contributed by atoms with E-state index in [0.717, 1.165) is 28.6 Å². The maximum atomic E-state index is 13.7. The molecule has 1 atom stereocenters. The molecule has 0 saturated carbocycles. The molecule has 1 aliphatic rings. The van der Waals surface area contributed by atoms with Crippen LogP contribution < -0.4 is 15.0 Å². The van der Waals surface area contributed by atoms with Gasteiger partial charge in [0.05, 0.1) is 17.3 Å². The maximum absolute atomic E-state index is 13.7. The molecule has 18 heteroatoms. The molecule has 1 amide bonds. The summed E-state index contributed by atoms with van der Waals surface area (Å²) in [6, 6.07) is 5.29. The van der Waals surface area contributed by atoms with Gasteiger partial charge in [-0.3, -0.25) is 4.79 Å². The molecule has 2 aromatic carbocycles. The van der Waals surface area contributed by atoms with Crippen LogP contribution in [-0.2, 0) is 21.4 Å². The number of halogens is 6. The number of rotatable bonds is 7. The van der Waals surface area contributed by atoms with Gasteiger partial charge in [0, 0.05) is 46.8 Å². The fourth-order valence-electron chi connectivity index (χ4n) is 4.37. The van der Waals surface area contributed by atoms with Gasteiger partial charge in [-0.1, -0.05) is 34.8 Å². The smallest absolute Gasteiger partial charge is 0.406 e. The first kappa shape index (κ1) is 30.9. The Morgan fingerprint density at radius 1 is 1.05 bits per heavy atom. The van der Waals surface area contributed by atoms with Crippen LogP contribution in [-0.4, -0.2) is 70.6 Å². The number of fused-ring (bicyclic) bond motifs is 1. The van der Waals surface area contributed by atoms with Crippen LogP contribution in [0.25, 0.3) is 11.2 Å².